The number of carbonyl (C=O) groups is 1. The van der Waals surface area contributed by atoms with Crippen LogP contribution < -0.4 is 20.3 Å². The van der Waals surface area contributed by atoms with Gasteiger partial charge in [-0.25, -0.2) is 4.79 Å². The van der Waals surface area contributed by atoms with Gasteiger partial charge in [-0.2, -0.15) is 4.39 Å². The summed E-state index contributed by atoms with van der Waals surface area (Å²) in [6.45, 7) is 3.69. The van der Waals surface area contributed by atoms with Gasteiger partial charge in [0.25, 0.3) is 0 Å². The molecular weight excluding hydrogens is 411 g/mol. The molecule has 32 heavy (non-hydrogen) atoms. The first-order chi connectivity index (χ1) is 15.5. The molecule has 0 unspecified atom stereocenters. The molecule has 1 amide bonds. The van der Waals surface area contributed by atoms with Crippen LogP contribution in [0.3, 0.4) is 0 Å². The summed E-state index contributed by atoms with van der Waals surface area (Å²) in [6, 6.07) is 3.63. The van der Waals surface area contributed by atoms with E-state index in [4.69, 9.17) is 14.9 Å². The van der Waals surface area contributed by atoms with Gasteiger partial charge in [-0.3, -0.25) is 4.90 Å². The Morgan fingerprint density at radius 1 is 1.25 bits per heavy atom. The molecule has 4 rings (SSSR count). The number of halogens is 1. The zero-order valence-corrected chi connectivity index (χ0v) is 18.9. The number of benzene rings is 1. The van der Waals surface area contributed by atoms with Crippen molar-refractivity contribution >= 4 is 23.6 Å². The standard InChI is InChI=1S/C24H33FN4O3/c1-15-6-7-19-21(29(15)24(30)31-2)9-8-18(22(19)32-17-4-3-5-17)20(14-26)23(25)28-16-10-12-27-13-11-16/h8-9,14-17,26-28H,3-7,10-13H2,1-2H3/b23-20+,26-14?/t15-/m0/s1. The lowest BCUT2D eigenvalue weighted by atomic mass is 9.91. The quantitative estimate of drug-likeness (QED) is 0.453. The van der Waals surface area contributed by atoms with Crippen molar-refractivity contribution in [3.8, 4) is 5.75 Å². The molecule has 2 fully saturated rings. The Kier molecular flexibility index (Phi) is 6.98. The van der Waals surface area contributed by atoms with Crippen LogP contribution in [-0.4, -0.2) is 50.7 Å². The summed E-state index contributed by atoms with van der Waals surface area (Å²) < 4.78 is 26.8. The molecule has 1 aliphatic carbocycles. The topological polar surface area (TPSA) is 86.7 Å². The Labute approximate surface area is 188 Å². The summed E-state index contributed by atoms with van der Waals surface area (Å²) in [4.78, 5) is 14.1. The van der Waals surface area contributed by atoms with Crippen LogP contribution in [-0.2, 0) is 11.2 Å². The average molecular weight is 445 g/mol. The van der Waals surface area contributed by atoms with Gasteiger partial charge in [0.2, 0.25) is 0 Å². The first kappa shape index (κ1) is 22.6. The van der Waals surface area contributed by atoms with E-state index in [-0.39, 0.29) is 23.8 Å². The Morgan fingerprint density at radius 2 is 2.00 bits per heavy atom. The van der Waals surface area contributed by atoms with Crippen LogP contribution in [0.25, 0.3) is 5.57 Å². The maximum atomic E-state index is 15.4. The number of nitrogens with zero attached hydrogens (tertiary/aromatic N) is 1. The zero-order chi connectivity index (χ0) is 22.7. The van der Waals surface area contributed by atoms with E-state index < -0.39 is 12.0 Å². The Balaban J connectivity index is 1.76. The van der Waals surface area contributed by atoms with E-state index in [2.05, 4.69) is 10.6 Å². The van der Waals surface area contributed by atoms with Crippen molar-refractivity contribution in [3.63, 3.8) is 0 Å². The highest BCUT2D eigenvalue weighted by atomic mass is 19.1. The number of anilines is 1. The van der Waals surface area contributed by atoms with E-state index >= 15 is 4.39 Å². The van der Waals surface area contributed by atoms with Gasteiger partial charge in [-0.1, -0.05) is 0 Å². The predicted molar refractivity (Wildman–Crippen MR) is 123 cm³/mol. The zero-order valence-electron chi connectivity index (χ0n) is 18.9. The van der Waals surface area contributed by atoms with Crippen LogP contribution in [0.15, 0.2) is 18.1 Å². The molecular formula is C24H33FN4O3. The number of ether oxygens (including phenoxy) is 2. The molecule has 2 aliphatic heterocycles. The van der Waals surface area contributed by atoms with Crippen LogP contribution in [0, 0.1) is 5.41 Å². The lowest BCUT2D eigenvalue weighted by Gasteiger charge is -2.37. The SMILES string of the molecule is COC(=O)N1c2ccc(/C(C=N)=C(\F)NC3CCNCC3)c(OC3CCC3)c2CC[C@@H]1C. The number of methoxy groups -OCH3 is 1. The van der Waals surface area contributed by atoms with Gasteiger partial charge in [0.05, 0.1) is 24.5 Å². The highest BCUT2D eigenvalue weighted by Gasteiger charge is 2.34. The molecule has 0 bridgehead atoms. The van der Waals surface area contributed by atoms with Gasteiger partial charge in [0, 0.05) is 29.4 Å². The van der Waals surface area contributed by atoms with Crippen molar-refractivity contribution in [1.29, 1.82) is 5.41 Å². The maximum Gasteiger partial charge on any atom is 0.414 e. The number of hydrogen-bond donors (Lipinski definition) is 3. The van der Waals surface area contributed by atoms with Gasteiger partial charge in [-0.05, 0) is 77.1 Å². The van der Waals surface area contributed by atoms with E-state index in [0.29, 0.717) is 17.7 Å². The fourth-order valence-corrected chi connectivity index (χ4v) is 4.67. The third-order valence-corrected chi connectivity index (χ3v) is 6.80. The molecule has 0 radical (unpaired) electrons. The molecule has 1 aromatic carbocycles. The van der Waals surface area contributed by atoms with Gasteiger partial charge in [0.1, 0.15) is 5.75 Å². The number of amides is 1. The second-order valence-corrected chi connectivity index (χ2v) is 8.88. The number of hydrogen-bond acceptors (Lipinski definition) is 6. The maximum absolute atomic E-state index is 15.4. The van der Waals surface area contributed by atoms with Crippen LogP contribution >= 0.6 is 0 Å². The highest BCUT2D eigenvalue weighted by molar-refractivity contribution is 6.10. The van der Waals surface area contributed by atoms with Crippen molar-refractivity contribution in [2.45, 2.75) is 70.1 Å². The normalized spacial score (nSPS) is 22.3. The highest BCUT2D eigenvalue weighted by Crippen LogP contribution is 2.43. The lowest BCUT2D eigenvalue weighted by Crippen LogP contribution is -2.42. The monoisotopic (exact) mass is 444 g/mol. The minimum Gasteiger partial charge on any atom is -0.489 e. The Bertz CT molecular complexity index is 893. The van der Waals surface area contributed by atoms with Crippen LogP contribution in [0.5, 0.6) is 5.75 Å². The van der Waals surface area contributed by atoms with E-state index in [0.717, 1.165) is 69.1 Å². The molecule has 7 nitrogen and oxygen atoms in total. The summed E-state index contributed by atoms with van der Waals surface area (Å²) in [6.07, 6.45) is 6.89. The molecule has 0 spiro atoms. The second kappa shape index (κ2) is 9.90. The molecule has 0 aromatic heterocycles. The summed E-state index contributed by atoms with van der Waals surface area (Å²) in [5, 5.41) is 14.2. The summed E-state index contributed by atoms with van der Waals surface area (Å²) in [7, 11) is 1.38. The number of carbonyl (C=O) groups excluding carboxylic acids is 1. The van der Waals surface area contributed by atoms with E-state index in [1.54, 1.807) is 11.0 Å². The minimum atomic E-state index is -0.501. The number of piperidine rings is 1. The molecule has 1 saturated carbocycles. The Hall–Kier alpha value is -2.61. The van der Waals surface area contributed by atoms with Gasteiger partial charge >= 0.3 is 6.09 Å². The predicted octanol–water partition coefficient (Wildman–Crippen LogP) is 4.15. The van der Waals surface area contributed by atoms with Crippen molar-refractivity contribution in [1.82, 2.24) is 10.6 Å². The first-order valence-corrected chi connectivity index (χ1v) is 11.6. The molecule has 3 N–H and O–H groups in total. The molecule has 8 heteroatoms. The summed E-state index contributed by atoms with van der Waals surface area (Å²) in [5.41, 5.74) is 2.37. The first-order valence-electron chi connectivity index (χ1n) is 11.6. The smallest absolute Gasteiger partial charge is 0.414 e. The van der Waals surface area contributed by atoms with E-state index in [1.807, 2.05) is 13.0 Å². The Morgan fingerprint density at radius 3 is 2.62 bits per heavy atom. The molecule has 1 aromatic rings. The summed E-state index contributed by atoms with van der Waals surface area (Å²) in [5.74, 6) is 0.0908. The van der Waals surface area contributed by atoms with Crippen LogP contribution in [0.2, 0.25) is 0 Å². The molecule has 174 valence electrons. The number of rotatable bonds is 6. The van der Waals surface area contributed by atoms with Crippen molar-refractivity contribution < 1.29 is 18.7 Å². The number of allylic oxidation sites excluding steroid dienone is 1. The second-order valence-electron chi connectivity index (χ2n) is 8.88. The fraction of sp³-hybridized carbons (Fsp3) is 0.583. The summed E-state index contributed by atoms with van der Waals surface area (Å²) >= 11 is 0. The fourth-order valence-electron chi connectivity index (χ4n) is 4.67. The molecule has 2 heterocycles. The number of nitrogens with one attached hydrogen (secondary N) is 3. The molecule has 1 atom stereocenters. The van der Waals surface area contributed by atoms with Crippen molar-refractivity contribution in [3.05, 3.63) is 29.2 Å². The van der Waals surface area contributed by atoms with Crippen molar-refractivity contribution in [2.24, 2.45) is 0 Å². The van der Waals surface area contributed by atoms with E-state index in [1.165, 1.54) is 7.11 Å². The average Bonchev–Trinajstić information content (AvgIpc) is 2.77. The van der Waals surface area contributed by atoms with Crippen molar-refractivity contribution in [2.75, 3.05) is 25.1 Å². The molecule has 3 aliphatic rings. The largest absolute Gasteiger partial charge is 0.489 e. The number of fused-ring (bicyclic) bond motifs is 1. The van der Waals surface area contributed by atoms with E-state index in [9.17, 15) is 4.79 Å². The molecule has 1 saturated heterocycles. The lowest BCUT2D eigenvalue weighted by molar-refractivity contribution is 0.118. The van der Waals surface area contributed by atoms with Gasteiger partial charge in [0.15, 0.2) is 5.95 Å². The third kappa shape index (κ3) is 4.46. The minimum absolute atomic E-state index is 0.00610. The third-order valence-electron chi connectivity index (χ3n) is 6.80. The van der Waals surface area contributed by atoms with Gasteiger partial charge in [-0.15, -0.1) is 0 Å². The van der Waals surface area contributed by atoms with Gasteiger partial charge < -0.3 is 25.5 Å². The van der Waals surface area contributed by atoms with Crippen LogP contribution in [0.1, 0.15) is 56.6 Å². The van der Waals surface area contributed by atoms with Crippen LogP contribution in [0.4, 0.5) is 14.9 Å².